The van der Waals surface area contributed by atoms with Gasteiger partial charge in [-0.05, 0) is 19.8 Å². The van der Waals surface area contributed by atoms with Gasteiger partial charge in [-0.1, -0.05) is 0 Å². The number of ketones is 1. The van der Waals surface area contributed by atoms with Crippen LogP contribution in [0.3, 0.4) is 0 Å². The Hall–Kier alpha value is -0.860. The van der Waals surface area contributed by atoms with E-state index >= 15 is 0 Å². The highest BCUT2D eigenvalue weighted by atomic mass is 16.2. The zero-order valence-corrected chi connectivity index (χ0v) is 6.23. The first-order chi connectivity index (χ1) is 4.63. The number of hydrogen-bond donors (Lipinski definition) is 1. The molecule has 3 heteroatoms. The van der Waals surface area contributed by atoms with Crippen molar-refractivity contribution in [3.05, 3.63) is 0 Å². The summed E-state index contributed by atoms with van der Waals surface area (Å²) in [6.45, 7) is 1.47. The predicted octanol–water partition coefficient (Wildman–Crippen LogP) is 0.102. The molecule has 0 aromatic heterocycles. The first kappa shape index (κ1) is 7.25. The molecule has 1 fully saturated rings. The Balaban J connectivity index is 2.69. The van der Waals surface area contributed by atoms with Crippen molar-refractivity contribution < 1.29 is 9.59 Å². The number of amides is 1. The van der Waals surface area contributed by atoms with E-state index in [2.05, 4.69) is 5.32 Å². The summed E-state index contributed by atoms with van der Waals surface area (Å²) in [6, 6.07) is 0. The van der Waals surface area contributed by atoms with E-state index < -0.39 is 5.41 Å². The Kier molecular flexibility index (Phi) is 1.50. The van der Waals surface area contributed by atoms with Gasteiger partial charge >= 0.3 is 0 Å². The summed E-state index contributed by atoms with van der Waals surface area (Å²) in [5, 5.41) is 2.49. The van der Waals surface area contributed by atoms with Crippen molar-refractivity contribution in [1.29, 1.82) is 0 Å². The lowest BCUT2D eigenvalue weighted by atomic mass is 10.0. The Morgan fingerprint density at radius 3 is 2.00 bits per heavy atom. The SMILES string of the molecule is CNC(=O)C1(C(C)=O)CC1. The predicted molar refractivity (Wildman–Crippen MR) is 36.4 cm³/mol. The number of carbonyl (C=O) groups excluding carboxylic acids is 2. The minimum absolute atomic E-state index is 0.00755. The molecule has 1 aliphatic carbocycles. The van der Waals surface area contributed by atoms with Crippen molar-refractivity contribution in [1.82, 2.24) is 5.32 Å². The average molecular weight is 141 g/mol. The van der Waals surface area contributed by atoms with E-state index in [0.717, 1.165) is 12.8 Å². The summed E-state index contributed by atoms with van der Waals surface area (Å²) >= 11 is 0. The molecule has 3 nitrogen and oxygen atoms in total. The summed E-state index contributed by atoms with van der Waals surface area (Å²) < 4.78 is 0. The van der Waals surface area contributed by atoms with Crippen molar-refractivity contribution in [2.75, 3.05) is 7.05 Å². The topological polar surface area (TPSA) is 46.2 Å². The van der Waals surface area contributed by atoms with Crippen LogP contribution in [-0.4, -0.2) is 18.7 Å². The van der Waals surface area contributed by atoms with Crippen LogP contribution in [0.15, 0.2) is 0 Å². The summed E-state index contributed by atoms with van der Waals surface area (Å²) in [5.74, 6) is -0.133. The second kappa shape index (κ2) is 2.08. The quantitative estimate of drug-likeness (QED) is 0.554. The maximum Gasteiger partial charge on any atom is 0.233 e. The second-order valence-electron chi connectivity index (χ2n) is 2.72. The Morgan fingerprint density at radius 1 is 1.40 bits per heavy atom. The Labute approximate surface area is 59.8 Å². The van der Waals surface area contributed by atoms with Gasteiger partial charge in [-0.3, -0.25) is 9.59 Å². The third kappa shape index (κ3) is 0.818. The molecule has 1 amide bonds. The van der Waals surface area contributed by atoms with Gasteiger partial charge in [-0.15, -0.1) is 0 Å². The fourth-order valence-electron chi connectivity index (χ4n) is 1.10. The molecule has 0 saturated heterocycles. The molecule has 0 atom stereocenters. The van der Waals surface area contributed by atoms with Crippen molar-refractivity contribution in [2.45, 2.75) is 19.8 Å². The van der Waals surface area contributed by atoms with E-state index in [-0.39, 0.29) is 11.7 Å². The minimum atomic E-state index is -0.630. The van der Waals surface area contributed by atoms with Gasteiger partial charge in [0.05, 0.1) is 0 Å². The third-order valence-corrected chi connectivity index (χ3v) is 2.09. The van der Waals surface area contributed by atoms with Crippen LogP contribution in [0.25, 0.3) is 0 Å². The fourth-order valence-corrected chi connectivity index (χ4v) is 1.10. The van der Waals surface area contributed by atoms with Gasteiger partial charge in [-0.2, -0.15) is 0 Å². The zero-order valence-electron chi connectivity index (χ0n) is 6.23. The van der Waals surface area contributed by atoms with E-state index in [9.17, 15) is 9.59 Å². The minimum Gasteiger partial charge on any atom is -0.358 e. The summed E-state index contributed by atoms with van der Waals surface area (Å²) in [5.41, 5.74) is -0.630. The van der Waals surface area contributed by atoms with Crippen LogP contribution in [0.2, 0.25) is 0 Å². The van der Waals surface area contributed by atoms with Crippen molar-refractivity contribution in [3.63, 3.8) is 0 Å². The molecule has 1 rings (SSSR count). The van der Waals surface area contributed by atoms with E-state index in [1.807, 2.05) is 0 Å². The zero-order chi connectivity index (χ0) is 7.78. The third-order valence-electron chi connectivity index (χ3n) is 2.09. The van der Waals surface area contributed by atoms with Crippen molar-refractivity contribution >= 4 is 11.7 Å². The number of carbonyl (C=O) groups is 2. The maximum atomic E-state index is 11.0. The van der Waals surface area contributed by atoms with Crippen LogP contribution in [0.4, 0.5) is 0 Å². The number of nitrogens with one attached hydrogen (secondary N) is 1. The van der Waals surface area contributed by atoms with Crippen LogP contribution in [0, 0.1) is 5.41 Å². The van der Waals surface area contributed by atoms with Gasteiger partial charge in [0.25, 0.3) is 0 Å². The summed E-state index contributed by atoms with van der Waals surface area (Å²) in [6.07, 6.45) is 1.45. The molecule has 0 heterocycles. The van der Waals surface area contributed by atoms with Gasteiger partial charge in [0.2, 0.25) is 5.91 Å². The number of hydrogen-bond acceptors (Lipinski definition) is 2. The molecule has 0 spiro atoms. The lowest BCUT2D eigenvalue weighted by Crippen LogP contribution is -2.33. The molecule has 1 N–H and O–H groups in total. The highest BCUT2D eigenvalue weighted by Crippen LogP contribution is 2.46. The first-order valence-electron chi connectivity index (χ1n) is 3.37. The number of rotatable bonds is 2. The van der Waals surface area contributed by atoms with Crippen LogP contribution in [-0.2, 0) is 9.59 Å². The molecular weight excluding hydrogens is 130 g/mol. The van der Waals surface area contributed by atoms with E-state index in [1.54, 1.807) is 7.05 Å². The molecule has 56 valence electrons. The normalized spacial score (nSPS) is 19.8. The van der Waals surface area contributed by atoms with Crippen molar-refractivity contribution in [3.8, 4) is 0 Å². The van der Waals surface area contributed by atoms with Gasteiger partial charge in [0, 0.05) is 7.05 Å². The van der Waals surface area contributed by atoms with E-state index in [0.29, 0.717) is 0 Å². The van der Waals surface area contributed by atoms with E-state index in [1.165, 1.54) is 6.92 Å². The van der Waals surface area contributed by atoms with Gasteiger partial charge in [0.15, 0.2) is 0 Å². The molecule has 0 bridgehead atoms. The highest BCUT2D eigenvalue weighted by molar-refractivity contribution is 6.07. The first-order valence-corrected chi connectivity index (χ1v) is 3.37. The van der Waals surface area contributed by atoms with E-state index in [4.69, 9.17) is 0 Å². The average Bonchev–Trinajstić information content (AvgIpc) is 2.65. The maximum absolute atomic E-state index is 11.0. The molecule has 1 aliphatic rings. The van der Waals surface area contributed by atoms with Crippen LogP contribution >= 0.6 is 0 Å². The van der Waals surface area contributed by atoms with Crippen LogP contribution in [0.1, 0.15) is 19.8 Å². The molecule has 0 aromatic rings. The molecule has 0 radical (unpaired) electrons. The molecule has 10 heavy (non-hydrogen) atoms. The number of Topliss-reactive ketones (excluding diaryl/α,β-unsaturated/α-hetero) is 1. The molecule has 0 unspecified atom stereocenters. The van der Waals surface area contributed by atoms with Crippen molar-refractivity contribution in [2.24, 2.45) is 5.41 Å². The second-order valence-corrected chi connectivity index (χ2v) is 2.72. The lowest BCUT2D eigenvalue weighted by Gasteiger charge is -2.07. The standard InChI is InChI=1S/C7H11NO2/c1-5(9)7(3-4-7)6(10)8-2/h3-4H2,1-2H3,(H,8,10). The largest absolute Gasteiger partial charge is 0.358 e. The van der Waals surface area contributed by atoms with Crippen LogP contribution < -0.4 is 5.32 Å². The lowest BCUT2D eigenvalue weighted by molar-refractivity contribution is -0.134. The molecule has 1 saturated carbocycles. The Morgan fingerprint density at radius 2 is 1.90 bits per heavy atom. The van der Waals surface area contributed by atoms with Gasteiger partial charge in [-0.25, -0.2) is 0 Å². The molecular formula is C7H11NO2. The highest BCUT2D eigenvalue weighted by Gasteiger charge is 2.53. The summed E-state index contributed by atoms with van der Waals surface area (Å²) in [4.78, 5) is 21.9. The molecule has 0 aromatic carbocycles. The van der Waals surface area contributed by atoms with Gasteiger partial charge in [0.1, 0.15) is 11.2 Å². The summed E-state index contributed by atoms with van der Waals surface area (Å²) in [7, 11) is 1.56. The van der Waals surface area contributed by atoms with Gasteiger partial charge < -0.3 is 5.32 Å². The van der Waals surface area contributed by atoms with Crippen LogP contribution in [0.5, 0.6) is 0 Å². The fraction of sp³-hybridized carbons (Fsp3) is 0.714. The smallest absolute Gasteiger partial charge is 0.233 e. The Bertz CT molecular complexity index is 182. The monoisotopic (exact) mass is 141 g/mol. The molecule has 0 aliphatic heterocycles.